The van der Waals surface area contributed by atoms with Crippen LogP contribution < -0.4 is 5.73 Å². The van der Waals surface area contributed by atoms with Gasteiger partial charge in [-0.05, 0) is 48.6 Å². The summed E-state index contributed by atoms with van der Waals surface area (Å²) in [7, 11) is 0. The highest BCUT2D eigenvalue weighted by atomic mass is 14.7. The molecule has 0 radical (unpaired) electrons. The molecule has 2 N–H and O–H groups in total. The number of nitrogens with two attached hydrogens (primary N) is 1. The molecule has 98 valence electrons. The predicted molar refractivity (Wildman–Crippen MR) is 76.8 cm³/mol. The Labute approximate surface area is 111 Å². The van der Waals surface area contributed by atoms with Crippen molar-refractivity contribution >= 4 is 0 Å². The zero-order valence-corrected chi connectivity index (χ0v) is 11.5. The summed E-state index contributed by atoms with van der Waals surface area (Å²) in [6, 6.07) is 9.11. The lowest BCUT2D eigenvalue weighted by molar-refractivity contribution is 0.346. The smallest absolute Gasteiger partial charge is 0.00790 e. The molecule has 0 atom stereocenters. The second kappa shape index (κ2) is 4.70. The Morgan fingerprint density at radius 1 is 1.11 bits per heavy atom. The highest BCUT2D eigenvalue weighted by molar-refractivity contribution is 5.41. The van der Waals surface area contributed by atoms with E-state index in [1.165, 1.54) is 38.5 Å². The van der Waals surface area contributed by atoms with Crippen LogP contribution in [0.4, 0.5) is 0 Å². The van der Waals surface area contributed by atoms with Gasteiger partial charge in [-0.2, -0.15) is 0 Å². The van der Waals surface area contributed by atoms with Gasteiger partial charge in [0.15, 0.2) is 0 Å². The summed E-state index contributed by atoms with van der Waals surface area (Å²) in [6.07, 6.45) is 8.13. The molecule has 0 bridgehead atoms. The van der Waals surface area contributed by atoms with E-state index in [-0.39, 0.29) is 0 Å². The molecule has 18 heavy (non-hydrogen) atoms. The van der Waals surface area contributed by atoms with Gasteiger partial charge >= 0.3 is 0 Å². The molecule has 0 aliphatic heterocycles. The van der Waals surface area contributed by atoms with Crippen LogP contribution in [-0.4, -0.2) is 6.54 Å². The van der Waals surface area contributed by atoms with Gasteiger partial charge in [0.25, 0.3) is 0 Å². The fraction of sp³-hybridized carbons (Fsp3) is 0.647. The first-order chi connectivity index (χ1) is 8.75. The highest BCUT2D eigenvalue weighted by Gasteiger charge is 2.44. The van der Waals surface area contributed by atoms with E-state index < -0.39 is 0 Å². The molecule has 0 spiro atoms. The molecule has 1 nitrogen and oxygen atoms in total. The van der Waals surface area contributed by atoms with Crippen molar-refractivity contribution in [2.45, 2.75) is 56.8 Å². The topological polar surface area (TPSA) is 26.0 Å². The molecular weight excluding hydrogens is 218 g/mol. The second-order valence-corrected chi connectivity index (χ2v) is 6.53. The monoisotopic (exact) mass is 243 g/mol. The predicted octanol–water partition coefficient (Wildman–Crippen LogP) is 3.97. The molecule has 1 aromatic rings. The number of hydrogen-bond donors (Lipinski definition) is 1. The quantitative estimate of drug-likeness (QED) is 0.854. The van der Waals surface area contributed by atoms with Crippen LogP contribution in [0.15, 0.2) is 24.3 Å². The van der Waals surface area contributed by atoms with E-state index in [1.807, 2.05) is 0 Å². The van der Waals surface area contributed by atoms with Crippen LogP contribution in [0.1, 0.15) is 62.5 Å². The van der Waals surface area contributed by atoms with Crippen molar-refractivity contribution in [1.29, 1.82) is 0 Å². The van der Waals surface area contributed by atoms with Crippen LogP contribution >= 0.6 is 0 Å². The van der Waals surface area contributed by atoms with Crippen molar-refractivity contribution in [3.63, 3.8) is 0 Å². The zero-order valence-electron chi connectivity index (χ0n) is 11.5. The Bertz CT molecular complexity index is 411. The van der Waals surface area contributed by atoms with E-state index in [9.17, 15) is 0 Å². The fourth-order valence-corrected chi connectivity index (χ4v) is 3.64. The Hall–Kier alpha value is -0.820. The minimum atomic E-state index is 0.347. The van der Waals surface area contributed by atoms with Crippen molar-refractivity contribution < 1.29 is 0 Å². The van der Waals surface area contributed by atoms with Gasteiger partial charge in [-0.3, -0.25) is 0 Å². The molecular formula is C17H25N. The molecule has 1 heteroatoms. The Morgan fingerprint density at radius 3 is 2.39 bits per heavy atom. The number of hydrogen-bond acceptors (Lipinski definition) is 1. The molecule has 2 saturated carbocycles. The molecule has 3 rings (SSSR count). The summed E-state index contributed by atoms with van der Waals surface area (Å²) in [5.74, 6) is 1.72. The lowest BCUT2D eigenvalue weighted by Gasteiger charge is -2.30. The number of rotatable bonds is 3. The van der Waals surface area contributed by atoms with Crippen LogP contribution in [0.25, 0.3) is 0 Å². The van der Waals surface area contributed by atoms with E-state index in [2.05, 4.69) is 31.2 Å². The van der Waals surface area contributed by atoms with Crippen molar-refractivity contribution in [2.24, 2.45) is 11.7 Å². The minimum absolute atomic E-state index is 0.347. The molecule has 2 fully saturated rings. The van der Waals surface area contributed by atoms with Crippen LogP contribution in [0.5, 0.6) is 0 Å². The average molecular weight is 243 g/mol. The number of benzene rings is 1. The minimum Gasteiger partial charge on any atom is -0.330 e. The summed E-state index contributed by atoms with van der Waals surface area (Å²) in [4.78, 5) is 0. The molecule has 2 aliphatic carbocycles. The van der Waals surface area contributed by atoms with Gasteiger partial charge in [0, 0.05) is 12.0 Å². The lowest BCUT2D eigenvalue weighted by atomic mass is 9.76. The van der Waals surface area contributed by atoms with Crippen LogP contribution in [-0.2, 0) is 5.41 Å². The Kier molecular flexibility index (Phi) is 3.19. The standard InChI is InChI=1S/C17H25N/c1-13-6-8-14(9-7-13)15-4-2-3-5-16(15)17(12-18)10-11-17/h2-5,13-14H,6-12,18H2,1H3. The second-order valence-electron chi connectivity index (χ2n) is 6.53. The summed E-state index contributed by atoms with van der Waals surface area (Å²) < 4.78 is 0. The van der Waals surface area contributed by atoms with Gasteiger partial charge in [-0.25, -0.2) is 0 Å². The van der Waals surface area contributed by atoms with Gasteiger partial charge in [0.1, 0.15) is 0 Å². The molecule has 1 aromatic carbocycles. The SMILES string of the molecule is CC1CCC(c2ccccc2C2(CN)CC2)CC1. The van der Waals surface area contributed by atoms with E-state index in [0.29, 0.717) is 5.41 Å². The molecule has 0 heterocycles. The van der Waals surface area contributed by atoms with Gasteiger partial charge in [0.05, 0.1) is 0 Å². The Morgan fingerprint density at radius 2 is 1.78 bits per heavy atom. The van der Waals surface area contributed by atoms with Crippen LogP contribution in [0.2, 0.25) is 0 Å². The average Bonchev–Trinajstić information content (AvgIpc) is 3.21. The molecule has 0 amide bonds. The van der Waals surface area contributed by atoms with Gasteiger partial charge in [-0.15, -0.1) is 0 Å². The summed E-state index contributed by atoms with van der Waals surface area (Å²) in [5.41, 5.74) is 9.56. The fourth-order valence-electron chi connectivity index (χ4n) is 3.64. The first kappa shape index (κ1) is 12.2. The third-order valence-electron chi connectivity index (χ3n) is 5.23. The zero-order chi connectivity index (χ0) is 12.6. The summed E-state index contributed by atoms with van der Waals surface area (Å²) in [6.45, 7) is 3.22. The summed E-state index contributed by atoms with van der Waals surface area (Å²) >= 11 is 0. The van der Waals surface area contributed by atoms with Crippen molar-refractivity contribution in [2.75, 3.05) is 6.54 Å². The normalized spacial score (nSPS) is 30.1. The van der Waals surface area contributed by atoms with E-state index in [4.69, 9.17) is 5.73 Å². The van der Waals surface area contributed by atoms with Crippen molar-refractivity contribution in [1.82, 2.24) is 0 Å². The molecule has 0 saturated heterocycles. The van der Waals surface area contributed by atoms with E-state index in [0.717, 1.165) is 18.4 Å². The largest absolute Gasteiger partial charge is 0.330 e. The third-order valence-corrected chi connectivity index (χ3v) is 5.23. The maximum Gasteiger partial charge on any atom is 0.00790 e. The maximum absolute atomic E-state index is 6.02. The summed E-state index contributed by atoms with van der Waals surface area (Å²) in [5, 5.41) is 0. The molecule has 0 unspecified atom stereocenters. The highest BCUT2D eigenvalue weighted by Crippen LogP contribution is 2.51. The Balaban J connectivity index is 1.88. The lowest BCUT2D eigenvalue weighted by Crippen LogP contribution is -2.23. The first-order valence-corrected chi connectivity index (χ1v) is 7.55. The van der Waals surface area contributed by atoms with Crippen LogP contribution in [0, 0.1) is 5.92 Å². The molecule has 2 aliphatic rings. The first-order valence-electron chi connectivity index (χ1n) is 7.55. The third kappa shape index (κ3) is 2.09. The van der Waals surface area contributed by atoms with Gasteiger partial charge in [-0.1, -0.05) is 44.0 Å². The van der Waals surface area contributed by atoms with Crippen LogP contribution in [0.3, 0.4) is 0 Å². The van der Waals surface area contributed by atoms with Gasteiger partial charge in [0.2, 0.25) is 0 Å². The molecule has 0 aromatic heterocycles. The van der Waals surface area contributed by atoms with E-state index >= 15 is 0 Å². The maximum atomic E-state index is 6.02. The van der Waals surface area contributed by atoms with Gasteiger partial charge < -0.3 is 5.73 Å². The van der Waals surface area contributed by atoms with Crippen molar-refractivity contribution in [3.8, 4) is 0 Å². The van der Waals surface area contributed by atoms with E-state index in [1.54, 1.807) is 11.1 Å². The van der Waals surface area contributed by atoms with Crippen molar-refractivity contribution in [3.05, 3.63) is 35.4 Å².